The van der Waals surface area contributed by atoms with Gasteiger partial charge in [0, 0.05) is 30.4 Å². The summed E-state index contributed by atoms with van der Waals surface area (Å²) in [5.74, 6) is 0.737. The molecule has 0 aliphatic carbocycles. The average Bonchev–Trinajstić information content (AvgIpc) is 2.68. The zero-order valence-corrected chi connectivity index (χ0v) is 17.0. The zero-order chi connectivity index (χ0) is 20.3. The maximum atomic E-state index is 12.9. The topological polar surface area (TPSA) is 84.9 Å². The number of nitrogens with zero attached hydrogens (tertiary/aromatic N) is 1. The Morgan fingerprint density at radius 1 is 1.04 bits per heavy atom. The van der Waals surface area contributed by atoms with Crippen molar-refractivity contribution in [1.82, 2.24) is 0 Å². The van der Waals surface area contributed by atoms with Gasteiger partial charge in [0.15, 0.2) is 0 Å². The lowest BCUT2D eigenvalue weighted by Gasteiger charge is -2.28. The first-order valence-electron chi connectivity index (χ1n) is 9.01. The fourth-order valence-corrected chi connectivity index (χ4v) is 4.52. The lowest BCUT2D eigenvalue weighted by atomic mass is 10.1. The van der Waals surface area contributed by atoms with Crippen LogP contribution >= 0.6 is 0 Å². The number of hydrogen-bond acceptors (Lipinski definition) is 5. The quantitative estimate of drug-likeness (QED) is 0.798. The molecule has 8 heteroatoms. The van der Waals surface area contributed by atoms with E-state index in [2.05, 4.69) is 4.72 Å². The monoisotopic (exact) mass is 404 g/mol. The molecular weight excluding hydrogens is 380 g/mol. The summed E-state index contributed by atoms with van der Waals surface area (Å²) in [6.07, 6.45) is 2.42. The van der Waals surface area contributed by atoms with Crippen LogP contribution in [0, 0.1) is 6.92 Å². The number of anilines is 2. The molecular formula is C20H24N2O5S. The van der Waals surface area contributed by atoms with Gasteiger partial charge in [0.05, 0.1) is 14.2 Å². The molecule has 1 N–H and O–H groups in total. The van der Waals surface area contributed by atoms with Crippen LogP contribution in [0.25, 0.3) is 0 Å². The van der Waals surface area contributed by atoms with Gasteiger partial charge in [-0.2, -0.15) is 0 Å². The summed E-state index contributed by atoms with van der Waals surface area (Å²) >= 11 is 0. The molecule has 1 aliphatic heterocycles. The van der Waals surface area contributed by atoms with E-state index in [4.69, 9.17) is 9.47 Å². The Kier molecular flexibility index (Phi) is 5.79. The first-order chi connectivity index (χ1) is 13.4. The van der Waals surface area contributed by atoms with E-state index in [0.29, 0.717) is 24.4 Å². The van der Waals surface area contributed by atoms with Crippen LogP contribution in [0.2, 0.25) is 0 Å². The third kappa shape index (κ3) is 4.06. The Balaban J connectivity index is 1.89. The highest BCUT2D eigenvalue weighted by Crippen LogP contribution is 2.31. The SMILES string of the molecule is COc1ccc(OC)c(S(=O)(=O)Nc2ccc(N3CCCCC3=O)c(C)c2)c1. The second-order valence-electron chi connectivity index (χ2n) is 6.63. The second-order valence-corrected chi connectivity index (χ2v) is 8.28. The molecule has 0 aromatic heterocycles. The van der Waals surface area contributed by atoms with Crippen molar-refractivity contribution in [3.05, 3.63) is 42.0 Å². The Labute approximate surface area is 165 Å². The number of aryl methyl sites for hydroxylation is 1. The van der Waals surface area contributed by atoms with Crippen LogP contribution in [0.15, 0.2) is 41.3 Å². The molecule has 150 valence electrons. The van der Waals surface area contributed by atoms with Crippen molar-refractivity contribution in [2.75, 3.05) is 30.4 Å². The van der Waals surface area contributed by atoms with Gasteiger partial charge < -0.3 is 14.4 Å². The maximum Gasteiger partial charge on any atom is 0.265 e. The lowest BCUT2D eigenvalue weighted by Crippen LogP contribution is -2.35. The van der Waals surface area contributed by atoms with Crippen molar-refractivity contribution < 1.29 is 22.7 Å². The predicted octanol–water partition coefficient (Wildman–Crippen LogP) is 3.33. The molecule has 0 radical (unpaired) electrons. The molecule has 0 unspecified atom stereocenters. The van der Waals surface area contributed by atoms with Crippen LogP contribution in [0.4, 0.5) is 11.4 Å². The van der Waals surface area contributed by atoms with Crippen molar-refractivity contribution in [3.8, 4) is 11.5 Å². The van der Waals surface area contributed by atoms with E-state index >= 15 is 0 Å². The molecule has 3 rings (SSSR count). The Hall–Kier alpha value is -2.74. The maximum absolute atomic E-state index is 12.9. The van der Waals surface area contributed by atoms with Crippen molar-refractivity contribution in [3.63, 3.8) is 0 Å². The standard InChI is InChI=1S/C20H24N2O5S/c1-14-12-15(7-9-17(14)22-11-5-4-6-20(22)23)21-28(24,25)19-13-16(26-2)8-10-18(19)27-3/h7-10,12-13,21H,4-6,11H2,1-3H3. The molecule has 1 amide bonds. The van der Waals surface area contributed by atoms with E-state index in [9.17, 15) is 13.2 Å². The lowest BCUT2D eigenvalue weighted by molar-refractivity contribution is -0.119. The summed E-state index contributed by atoms with van der Waals surface area (Å²) in [6, 6.07) is 9.75. The number of hydrogen-bond donors (Lipinski definition) is 1. The Morgan fingerprint density at radius 2 is 1.82 bits per heavy atom. The number of carbonyl (C=O) groups excluding carboxylic acids is 1. The van der Waals surface area contributed by atoms with Gasteiger partial charge in [-0.15, -0.1) is 0 Å². The summed E-state index contributed by atoms with van der Waals surface area (Å²) < 4.78 is 38.7. The summed E-state index contributed by atoms with van der Waals surface area (Å²) in [7, 11) is -1.01. The Bertz CT molecular complexity index is 988. The van der Waals surface area contributed by atoms with Gasteiger partial charge in [0.25, 0.3) is 10.0 Å². The van der Waals surface area contributed by atoms with Gasteiger partial charge in [-0.3, -0.25) is 9.52 Å². The third-order valence-corrected chi connectivity index (χ3v) is 6.13. The van der Waals surface area contributed by atoms with Gasteiger partial charge in [-0.05, 0) is 55.7 Å². The van der Waals surface area contributed by atoms with E-state index in [0.717, 1.165) is 24.1 Å². The van der Waals surface area contributed by atoms with E-state index in [1.165, 1.54) is 20.3 Å². The molecule has 1 aliphatic rings. The average molecular weight is 404 g/mol. The molecule has 28 heavy (non-hydrogen) atoms. The number of sulfonamides is 1. The Morgan fingerprint density at radius 3 is 2.46 bits per heavy atom. The molecule has 0 bridgehead atoms. The van der Waals surface area contributed by atoms with Crippen molar-refractivity contribution in [1.29, 1.82) is 0 Å². The van der Waals surface area contributed by atoms with Gasteiger partial charge in [0.1, 0.15) is 16.4 Å². The second kappa shape index (κ2) is 8.10. The largest absolute Gasteiger partial charge is 0.497 e. The number of methoxy groups -OCH3 is 2. The molecule has 0 atom stereocenters. The molecule has 2 aromatic carbocycles. The number of amides is 1. The van der Waals surface area contributed by atoms with Crippen molar-refractivity contribution in [2.45, 2.75) is 31.1 Å². The number of benzene rings is 2. The summed E-state index contributed by atoms with van der Waals surface area (Å²) in [5.41, 5.74) is 2.05. The van der Waals surface area contributed by atoms with Crippen LogP contribution in [0.5, 0.6) is 11.5 Å². The fraction of sp³-hybridized carbons (Fsp3) is 0.350. The normalized spacial score (nSPS) is 14.7. The van der Waals surface area contributed by atoms with Gasteiger partial charge in [0.2, 0.25) is 5.91 Å². The van der Waals surface area contributed by atoms with E-state index in [1.54, 1.807) is 35.2 Å². The molecule has 2 aromatic rings. The van der Waals surface area contributed by atoms with E-state index in [1.807, 2.05) is 6.92 Å². The number of ether oxygens (including phenoxy) is 2. The predicted molar refractivity (Wildman–Crippen MR) is 108 cm³/mol. The zero-order valence-electron chi connectivity index (χ0n) is 16.2. The highest BCUT2D eigenvalue weighted by molar-refractivity contribution is 7.92. The molecule has 7 nitrogen and oxygen atoms in total. The number of rotatable bonds is 6. The van der Waals surface area contributed by atoms with Crippen LogP contribution in [0.3, 0.4) is 0 Å². The number of carbonyl (C=O) groups is 1. The highest BCUT2D eigenvalue weighted by atomic mass is 32.2. The van der Waals surface area contributed by atoms with Crippen LogP contribution in [-0.4, -0.2) is 35.1 Å². The van der Waals surface area contributed by atoms with Gasteiger partial charge >= 0.3 is 0 Å². The number of piperidine rings is 1. The van der Waals surface area contributed by atoms with Gasteiger partial charge in [-0.25, -0.2) is 8.42 Å². The fourth-order valence-electron chi connectivity index (χ4n) is 3.29. The molecule has 1 saturated heterocycles. The summed E-state index contributed by atoms with van der Waals surface area (Å²) in [6.45, 7) is 2.55. The third-order valence-electron chi connectivity index (χ3n) is 4.72. The van der Waals surface area contributed by atoms with Crippen LogP contribution in [0.1, 0.15) is 24.8 Å². The minimum Gasteiger partial charge on any atom is -0.497 e. The summed E-state index contributed by atoms with van der Waals surface area (Å²) in [5, 5.41) is 0. The molecule has 0 spiro atoms. The van der Waals surface area contributed by atoms with Crippen LogP contribution < -0.4 is 19.1 Å². The van der Waals surface area contributed by atoms with Crippen LogP contribution in [-0.2, 0) is 14.8 Å². The highest BCUT2D eigenvalue weighted by Gasteiger charge is 2.23. The smallest absolute Gasteiger partial charge is 0.265 e. The van der Waals surface area contributed by atoms with Crippen molar-refractivity contribution in [2.24, 2.45) is 0 Å². The first-order valence-corrected chi connectivity index (χ1v) is 10.5. The van der Waals surface area contributed by atoms with Gasteiger partial charge in [-0.1, -0.05) is 0 Å². The first kappa shape index (κ1) is 20.0. The minimum absolute atomic E-state index is 0.0118. The van der Waals surface area contributed by atoms with E-state index < -0.39 is 10.0 Å². The molecule has 0 saturated carbocycles. The molecule has 1 fully saturated rings. The molecule has 1 heterocycles. The summed E-state index contributed by atoms with van der Waals surface area (Å²) in [4.78, 5) is 13.9. The van der Waals surface area contributed by atoms with Crippen molar-refractivity contribution >= 4 is 27.3 Å². The minimum atomic E-state index is -3.89. The van der Waals surface area contributed by atoms with E-state index in [-0.39, 0.29) is 16.6 Å². The number of nitrogens with one attached hydrogen (secondary N) is 1.